The predicted octanol–water partition coefficient (Wildman–Crippen LogP) is 5.57. The number of amides is 2. The molecule has 1 saturated heterocycles. The minimum Gasteiger partial charge on any atom is -0.450 e. The Morgan fingerprint density at radius 2 is 1.68 bits per heavy atom. The van der Waals surface area contributed by atoms with Gasteiger partial charge in [-0.15, -0.1) is 0 Å². The lowest BCUT2D eigenvalue weighted by molar-refractivity contribution is 0.0933. The van der Waals surface area contributed by atoms with Crippen LogP contribution in [0.4, 0.5) is 9.93 Å². The summed E-state index contributed by atoms with van der Waals surface area (Å²) in [5, 5.41) is 1.13. The van der Waals surface area contributed by atoms with Crippen molar-refractivity contribution in [3.8, 4) is 0 Å². The summed E-state index contributed by atoms with van der Waals surface area (Å²) in [6.07, 6.45) is -0.446. The van der Waals surface area contributed by atoms with Crippen LogP contribution in [-0.2, 0) is 21.3 Å². The Bertz CT molecular complexity index is 1670. The highest BCUT2D eigenvalue weighted by Gasteiger charge is 2.31. The third-order valence-electron chi connectivity index (χ3n) is 6.90. The fourth-order valence-electron chi connectivity index (χ4n) is 4.60. The summed E-state index contributed by atoms with van der Waals surface area (Å²) in [6, 6.07) is 19.3. The summed E-state index contributed by atoms with van der Waals surface area (Å²) in [7, 11) is -3.81. The van der Waals surface area contributed by atoms with Gasteiger partial charge in [0.25, 0.3) is 5.91 Å². The monoisotopic (exact) mass is 612 g/mol. The first kappa shape index (κ1) is 29.0. The van der Waals surface area contributed by atoms with Crippen molar-refractivity contribution in [1.29, 1.82) is 0 Å². The third-order valence-corrected chi connectivity index (χ3v) is 10.3. The van der Waals surface area contributed by atoms with Gasteiger partial charge in [0.2, 0.25) is 10.0 Å². The number of fused-ring (bicyclic) bond motifs is 1. The van der Waals surface area contributed by atoms with Crippen LogP contribution >= 0.6 is 22.9 Å². The Morgan fingerprint density at radius 3 is 2.34 bits per heavy atom. The molecule has 2 heterocycles. The van der Waals surface area contributed by atoms with E-state index in [2.05, 4.69) is 0 Å². The molecule has 1 aliphatic rings. The molecule has 1 aliphatic heterocycles. The predicted molar refractivity (Wildman–Crippen MR) is 160 cm³/mol. The molecule has 1 fully saturated rings. The number of hydrogen-bond donors (Lipinski definition) is 0. The second-order valence-corrected chi connectivity index (χ2v) is 12.9. The third kappa shape index (κ3) is 6.08. The Hall–Kier alpha value is -3.51. The van der Waals surface area contributed by atoms with E-state index in [1.807, 2.05) is 49.4 Å². The van der Waals surface area contributed by atoms with Gasteiger partial charge in [0.15, 0.2) is 5.13 Å². The minimum absolute atomic E-state index is 0.0819. The SMILES string of the molecule is CCOC(=O)N1CCN(S(=O)(=O)c2ccc(C(=O)N(Cc3ccccc3)c3nc4c(C)c(Cl)ccc4s3)cc2)CC1. The van der Waals surface area contributed by atoms with Crippen molar-refractivity contribution in [3.05, 3.63) is 88.4 Å². The quantitative estimate of drug-likeness (QED) is 0.271. The van der Waals surface area contributed by atoms with Gasteiger partial charge in [-0.2, -0.15) is 4.31 Å². The molecule has 0 radical (unpaired) electrons. The molecule has 12 heteroatoms. The Kier molecular flexibility index (Phi) is 8.60. The van der Waals surface area contributed by atoms with Gasteiger partial charge in [0.05, 0.1) is 28.3 Å². The molecule has 0 N–H and O–H groups in total. The highest BCUT2D eigenvalue weighted by atomic mass is 35.5. The van der Waals surface area contributed by atoms with Gasteiger partial charge < -0.3 is 9.64 Å². The van der Waals surface area contributed by atoms with Crippen molar-refractivity contribution in [2.75, 3.05) is 37.7 Å². The van der Waals surface area contributed by atoms with E-state index in [1.54, 1.807) is 11.8 Å². The van der Waals surface area contributed by atoms with E-state index in [1.165, 1.54) is 44.8 Å². The molecule has 214 valence electrons. The standard InChI is InChI=1S/C29H29ClN4O5S2/c1-3-39-29(36)32-15-17-33(18-16-32)41(37,38)23-11-9-22(10-12-23)27(35)34(19-21-7-5-4-6-8-21)28-31-26-20(2)24(30)13-14-25(26)40-28/h4-14H,3,15-19H2,1-2H3. The maximum absolute atomic E-state index is 13.9. The molecular weight excluding hydrogens is 584 g/mol. The van der Waals surface area contributed by atoms with Crippen LogP contribution in [0.15, 0.2) is 71.6 Å². The molecule has 0 unspecified atom stereocenters. The molecule has 0 atom stereocenters. The number of ether oxygens (including phenoxy) is 1. The summed E-state index contributed by atoms with van der Waals surface area (Å²) in [5.74, 6) is -0.302. The normalized spacial score (nSPS) is 14.3. The fraction of sp³-hybridized carbons (Fsp3) is 0.276. The molecule has 9 nitrogen and oxygen atoms in total. The zero-order valence-corrected chi connectivity index (χ0v) is 25.0. The average Bonchev–Trinajstić information content (AvgIpc) is 3.43. The summed E-state index contributed by atoms with van der Waals surface area (Å²) in [6.45, 7) is 4.99. The van der Waals surface area contributed by atoms with Crippen LogP contribution in [0.3, 0.4) is 0 Å². The molecule has 0 spiro atoms. The van der Waals surface area contributed by atoms with Crippen LogP contribution < -0.4 is 4.90 Å². The number of benzene rings is 3. The number of rotatable bonds is 7. The molecule has 0 aliphatic carbocycles. The Balaban J connectivity index is 1.39. The molecule has 1 aromatic heterocycles. The van der Waals surface area contributed by atoms with Gasteiger partial charge in [-0.25, -0.2) is 18.2 Å². The first-order valence-corrected chi connectivity index (χ1v) is 15.8. The second-order valence-electron chi connectivity index (χ2n) is 9.51. The van der Waals surface area contributed by atoms with Crippen LogP contribution in [0, 0.1) is 6.92 Å². The average molecular weight is 613 g/mol. The second kappa shape index (κ2) is 12.2. The molecule has 0 bridgehead atoms. The van der Waals surface area contributed by atoms with E-state index < -0.39 is 16.1 Å². The molecule has 2 amide bonds. The van der Waals surface area contributed by atoms with Gasteiger partial charge in [-0.05, 0) is 61.4 Å². The molecular formula is C29H29ClN4O5S2. The van der Waals surface area contributed by atoms with E-state index in [9.17, 15) is 18.0 Å². The van der Waals surface area contributed by atoms with Crippen molar-refractivity contribution in [3.63, 3.8) is 0 Å². The maximum atomic E-state index is 13.9. The summed E-state index contributed by atoms with van der Waals surface area (Å²) in [4.78, 5) is 33.8. The number of sulfonamides is 1. The van der Waals surface area contributed by atoms with Crippen LogP contribution in [-0.4, -0.2) is 67.4 Å². The van der Waals surface area contributed by atoms with Crippen molar-refractivity contribution in [2.24, 2.45) is 0 Å². The van der Waals surface area contributed by atoms with Crippen LogP contribution in [0.5, 0.6) is 0 Å². The van der Waals surface area contributed by atoms with Crippen molar-refractivity contribution in [1.82, 2.24) is 14.2 Å². The number of anilines is 1. The zero-order chi connectivity index (χ0) is 29.1. The van der Waals surface area contributed by atoms with Crippen LogP contribution in [0.1, 0.15) is 28.4 Å². The lowest BCUT2D eigenvalue weighted by atomic mass is 10.1. The number of aromatic nitrogens is 1. The van der Waals surface area contributed by atoms with Gasteiger partial charge >= 0.3 is 6.09 Å². The summed E-state index contributed by atoms with van der Waals surface area (Å²) in [5.41, 5.74) is 2.85. The number of nitrogens with zero attached hydrogens (tertiary/aromatic N) is 4. The maximum Gasteiger partial charge on any atom is 0.409 e. The van der Waals surface area contributed by atoms with Gasteiger partial charge in [-0.1, -0.05) is 53.3 Å². The van der Waals surface area contributed by atoms with E-state index in [4.69, 9.17) is 21.3 Å². The first-order valence-electron chi connectivity index (χ1n) is 13.1. The van der Waals surface area contributed by atoms with Gasteiger partial charge in [0.1, 0.15) is 0 Å². The number of carbonyl (C=O) groups is 2. The Morgan fingerprint density at radius 1 is 1.00 bits per heavy atom. The van der Waals surface area contributed by atoms with Crippen LogP contribution in [0.25, 0.3) is 10.2 Å². The van der Waals surface area contributed by atoms with Gasteiger partial charge in [0, 0.05) is 36.8 Å². The largest absolute Gasteiger partial charge is 0.450 e. The molecule has 4 aromatic rings. The summed E-state index contributed by atoms with van der Waals surface area (Å²) < 4.78 is 33.9. The number of halogens is 1. The van der Waals surface area contributed by atoms with Crippen LogP contribution in [0.2, 0.25) is 5.02 Å². The number of thiazole rings is 1. The Labute approximate surface area is 248 Å². The van der Waals surface area contributed by atoms with E-state index in [0.717, 1.165) is 21.3 Å². The van der Waals surface area contributed by atoms with Crippen molar-refractivity contribution in [2.45, 2.75) is 25.3 Å². The molecule has 3 aromatic carbocycles. The lowest BCUT2D eigenvalue weighted by Crippen LogP contribution is -2.50. The van der Waals surface area contributed by atoms with E-state index in [-0.39, 0.29) is 50.1 Å². The first-order chi connectivity index (χ1) is 19.7. The smallest absolute Gasteiger partial charge is 0.409 e. The lowest BCUT2D eigenvalue weighted by Gasteiger charge is -2.33. The summed E-state index contributed by atoms with van der Waals surface area (Å²) >= 11 is 7.71. The highest BCUT2D eigenvalue weighted by molar-refractivity contribution is 7.89. The number of hydrogen-bond acceptors (Lipinski definition) is 7. The molecule has 41 heavy (non-hydrogen) atoms. The molecule has 0 saturated carbocycles. The highest BCUT2D eigenvalue weighted by Crippen LogP contribution is 2.35. The van der Waals surface area contributed by atoms with E-state index in [0.29, 0.717) is 15.7 Å². The van der Waals surface area contributed by atoms with Gasteiger partial charge in [-0.3, -0.25) is 9.69 Å². The number of carbonyl (C=O) groups excluding carboxylic acids is 2. The van der Waals surface area contributed by atoms with E-state index >= 15 is 0 Å². The minimum atomic E-state index is -3.81. The number of aryl methyl sites for hydroxylation is 1. The van der Waals surface area contributed by atoms with Crippen molar-refractivity contribution >= 4 is 60.3 Å². The topological polar surface area (TPSA) is 100 Å². The molecule has 5 rings (SSSR count). The fourth-order valence-corrected chi connectivity index (χ4v) is 7.19. The zero-order valence-electron chi connectivity index (χ0n) is 22.6. The van der Waals surface area contributed by atoms with Crippen molar-refractivity contribution < 1.29 is 22.7 Å². The number of piperazine rings is 1.